The minimum atomic E-state index is -0.255. The van der Waals surface area contributed by atoms with Crippen molar-refractivity contribution in [2.45, 2.75) is 6.92 Å². The summed E-state index contributed by atoms with van der Waals surface area (Å²) in [6.45, 7) is 1.96. The Labute approximate surface area is 120 Å². The molecule has 6 heteroatoms. The lowest BCUT2D eigenvalue weighted by Crippen LogP contribution is -1.95. The van der Waals surface area contributed by atoms with Crippen molar-refractivity contribution in [2.24, 2.45) is 4.99 Å². The minimum absolute atomic E-state index is 0.255. The second-order valence-corrected chi connectivity index (χ2v) is 4.53. The Balaban J connectivity index is 1.84. The van der Waals surface area contributed by atoms with Crippen LogP contribution in [0.2, 0.25) is 0 Å². The van der Waals surface area contributed by atoms with E-state index < -0.39 is 0 Å². The van der Waals surface area contributed by atoms with Crippen LogP contribution in [0, 0.1) is 12.7 Å². The monoisotopic (exact) mass is 281 g/mol. The number of tetrazole rings is 1. The summed E-state index contributed by atoms with van der Waals surface area (Å²) in [5.74, 6) is -0.255. The summed E-state index contributed by atoms with van der Waals surface area (Å²) in [5.41, 5.74) is 3.57. The van der Waals surface area contributed by atoms with E-state index in [9.17, 15) is 4.39 Å². The molecule has 0 aliphatic rings. The molecule has 0 saturated heterocycles. The molecule has 5 nitrogen and oxygen atoms in total. The standard InChI is InChI=1S/C15H12FN5/c1-11-8-14(21-10-18-19-20-21)6-7-15(11)17-9-12-2-4-13(16)5-3-12/h2-10H,1H3. The highest BCUT2D eigenvalue weighted by Gasteiger charge is 2.01. The highest BCUT2D eigenvalue weighted by molar-refractivity contribution is 5.82. The van der Waals surface area contributed by atoms with Gasteiger partial charge in [-0.25, -0.2) is 9.07 Å². The lowest BCUT2D eigenvalue weighted by atomic mass is 10.2. The van der Waals surface area contributed by atoms with Crippen LogP contribution in [-0.4, -0.2) is 26.4 Å². The van der Waals surface area contributed by atoms with Crippen LogP contribution in [0.3, 0.4) is 0 Å². The molecule has 0 aliphatic carbocycles. The molecule has 0 saturated carbocycles. The van der Waals surface area contributed by atoms with Gasteiger partial charge in [-0.1, -0.05) is 12.1 Å². The molecule has 2 aromatic carbocycles. The molecule has 0 N–H and O–H groups in total. The average Bonchev–Trinajstić information content (AvgIpc) is 3.02. The molecule has 0 radical (unpaired) electrons. The molecular weight excluding hydrogens is 269 g/mol. The smallest absolute Gasteiger partial charge is 0.143 e. The molecule has 0 fully saturated rings. The maximum absolute atomic E-state index is 12.8. The summed E-state index contributed by atoms with van der Waals surface area (Å²) in [6.07, 6.45) is 3.24. The topological polar surface area (TPSA) is 56.0 Å². The summed E-state index contributed by atoms with van der Waals surface area (Å²) in [5, 5.41) is 11.1. The fourth-order valence-corrected chi connectivity index (χ4v) is 1.90. The van der Waals surface area contributed by atoms with Gasteiger partial charge in [-0.15, -0.1) is 5.10 Å². The Morgan fingerprint density at radius 1 is 1.14 bits per heavy atom. The molecule has 1 aromatic heterocycles. The van der Waals surface area contributed by atoms with E-state index in [0.29, 0.717) is 0 Å². The van der Waals surface area contributed by atoms with E-state index in [1.54, 1.807) is 23.0 Å². The molecule has 3 rings (SSSR count). The number of hydrogen-bond acceptors (Lipinski definition) is 4. The number of benzene rings is 2. The van der Waals surface area contributed by atoms with E-state index in [2.05, 4.69) is 20.5 Å². The lowest BCUT2D eigenvalue weighted by Gasteiger charge is -2.04. The zero-order valence-electron chi connectivity index (χ0n) is 11.3. The average molecular weight is 281 g/mol. The second-order valence-electron chi connectivity index (χ2n) is 4.53. The van der Waals surface area contributed by atoms with Gasteiger partial charge in [-0.3, -0.25) is 4.99 Å². The third-order valence-electron chi connectivity index (χ3n) is 3.02. The summed E-state index contributed by atoms with van der Waals surface area (Å²) in [7, 11) is 0. The highest BCUT2D eigenvalue weighted by Crippen LogP contribution is 2.21. The molecule has 0 bridgehead atoms. The zero-order valence-corrected chi connectivity index (χ0v) is 11.3. The van der Waals surface area contributed by atoms with Crippen molar-refractivity contribution >= 4 is 11.9 Å². The van der Waals surface area contributed by atoms with Crippen LogP contribution < -0.4 is 0 Å². The fourth-order valence-electron chi connectivity index (χ4n) is 1.90. The van der Waals surface area contributed by atoms with Crippen LogP contribution in [-0.2, 0) is 0 Å². The van der Waals surface area contributed by atoms with E-state index in [1.807, 2.05) is 25.1 Å². The van der Waals surface area contributed by atoms with Gasteiger partial charge in [0, 0.05) is 6.21 Å². The quantitative estimate of drug-likeness (QED) is 0.694. The Morgan fingerprint density at radius 3 is 2.62 bits per heavy atom. The minimum Gasteiger partial charge on any atom is -0.256 e. The maximum atomic E-state index is 12.8. The molecular formula is C15H12FN5. The lowest BCUT2D eigenvalue weighted by molar-refractivity contribution is 0.628. The van der Waals surface area contributed by atoms with Gasteiger partial charge in [-0.2, -0.15) is 0 Å². The molecule has 0 amide bonds. The highest BCUT2D eigenvalue weighted by atomic mass is 19.1. The molecule has 3 aromatic rings. The summed E-state index contributed by atoms with van der Waals surface area (Å²) in [6, 6.07) is 11.9. The van der Waals surface area contributed by atoms with E-state index >= 15 is 0 Å². The predicted molar refractivity (Wildman–Crippen MR) is 77.5 cm³/mol. The number of rotatable bonds is 3. The maximum Gasteiger partial charge on any atom is 0.143 e. The first-order chi connectivity index (χ1) is 10.2. The molecule has 1 heterocycles. The van der Waals surface area contributed by atoms with Crippen LogP contribution in [0.1, 0.15) is 11.1 Å². The molecule has 104 valence electrons. The number of aryl methyl sites for hydroxylation is 1. The van der Waals surface area contributed by atoms with E-state index in [4.69, 9.17) is 0 Å². The summed E-state index contributed by atoms with van der Waals surface area (Å²) in [4.78, 5) is 4.42. The van der Waals surface area contributed by atoms with Gasteiger partial charge >= 0.3 is 0 Å². The SMILES string of the molecule is Cc1cc(-n2cnnn2)ccc1N=Cc1ccc(F)cc1. The van der Waals surface area contributed by atoms with Crippen molar-refractivity contribution in [1.82, 2.24) is 20.2 Å². The van der Waals surface area contributed by atoms with Gasteiger partial charge in [0.05, 0.1) is 11.4 Å². The van der Waals surface area contributed by atoms with Gasteiger partial charge in [0.2, 0.25) is 0 Å². The van der Waals surface area contributed by atoms with Crippen LogP contribution in [0.15, 0.2) is 53.8 Å². The molecule has 0 spiro atoms. The zero-order chi connectivity index (χ0) is 14.7. The summed E-state index contributed by atoms with van der Waals surface area (Å²) < 4.78 is 14.4. The van der Waals surface area contributed by atoms with Crippen molar-refractivity contribution < 1.29 is 4.39 Å². The van der Waals surface area contributed by atoms with Gasteiger partial charge in [0.15, 0.2) is 0 Å². The number of halogens is 1. The number of hydrogen-bond donors (Lipinski definition) is 0. The predicted octanol–water partition coefficient (Wildman–Crippen LogP) is 2.86. The van der Waals surface area contributed by atoms with Crippen LogP contribution in [0.25, 0.3) is 5.69 Å². The largest absolute Gasteiger partial charge is 0.256 e. The van der Waals surface area contributed by atoms with Crippen molar-refractivity contribution in [3.8, 4) is 5.69 Å². The number of nitrogens with zero attached hydrogens (tertiary/aromatic N) is 5. The molecule has 0 unspecified atom stereocenters. The van der Waals surface area contributed by atoms with Crippen molar-refractivity contribution in [3.63, 3.8) is 0 Å². The van der Waals surface area contributed by atoms with Gasteiger partial charge < -0.3 is 0 Å². The van der Waals surface area contributed by atoms with Gasteiger partial charge in [0.1, 0.15) is 12.1 Å². The van der Waals surface area contributed by atoms with Crippen molar-refractivity contribution in [2.75, 3.05) is 0 Å². The normalized spacial score (nSPS) is 11.1. The fraction of sp³-hybridized carbons (Fsp3) is 0.0667. The van der Waals surface area contributed by atoms with E-state index in [-0.39, 0.29) is 5.82 Å². The van der Waals surface area contributed by atoms with Crippen LogP contribution >= 0.6 is 0 Å². The number of aliphatic imine (C=N–C) groups is 1. The third-order valence-corrected chi connectivity index (χ3v) is 3.02. The Bertz CT molecular complexity index is 763. The Hall–Kier alpha value is -2.89. The molecule has 0 aliphatic heterocycles. The first-order valence-electron chi connectivity index (χ1n) is 6.36. The molecule has 0 atom stereocenters. The first-order valence-corrected chi connectivity index (χ1v) is 6.36. The first kappa shape index (κ1) is 13.1. The van der Waals surface area contributed by atoms with Gasteiger partial charge in [0.25, 0.3) is 0 Å². The number of aromatic nitrogens is 4. The van der Waals surface area contributed by atoms with Crippen LogP contribution in [0.5, 0.6) is 0 Å². The Morgan fingerprint density at radius 2 is 1.95 bits per heavy atom. The summed E-state index contributed by atoms with van der Waals surface area (Å²) >= 11 is 0. The second kappa shape index (κ2) is 5.62. The van der Waals surface area contributed by atoms with E-state index in [0.717, 1.165) is 22.5 Å². The van der Waals surface area contributed by atoms with Crippen molar-refractivity contribution in [1.29, 1.82) is 0 Å². The van der Waals surface area contributed by atoms with Gasteiger partial charge in [-0.05, 0) is 58.8 Å². The van der Waals surface area contributed by atoms with Crippen molar-refractivity contribution in [3.05, 3.63) is 65.7 Å². The van der Waals surface area contributed by atoms with E-state index in [1.165, 1.54) is 18.5 Å². The molecule has 21 heavy (non-hydrogen) atoms. The Kier molecular flexibility index (Phi) is 3.51. The van der Waals surface area contributed by atoms with Crippen LogP contribution in [0.4, 0.5) is 10.1 Å². The third kappa shape index (κ3) is 3.00.